The van der Waals surface area contributed by atoms with Gasteiger partial charge in [-0.1, -0.05) is 34.6 Å². The van der Waals surface area contributed by atoms with Gasteiger partial charge in [0.05, 0.1) is 0 Å². The molecule has 0 aromatic heterocycles. The van der Waals surface area contributed by atoms with Gasteiger partial charge in [-0.25, -0.2) is 9.59 Å². The molecule has 0 radical (unpaired) electrons. The minimum atomic E-state index is -0.592. The van der Waals surface area contributed by atoms with Gasteiger partial charge in [0.15, 0.2) is 0 Å². The van der Waals surface area contributed by atoms with Crippen LogP contribution in [-0.4, -0.2) is 34.9 Å². The fraction of sp³-hybridized carbons (Fsp3) is 0.290. The maximum Gasteiger partial charge on any atom is 0.331 e. The first-order valence-electron chi connectivity index (χ1n) is 12.9. The fourth-order valence-corrected chi connectivity index (χ4v) is 5.97. The molecule has 0 spiro atoms. The molecule has 0 atom stereocenters. The normalized spacial score (nSPS) is 18.0. The Bertz CT molecular complexity index is 1430. The Hall–Kier alpha value is -4.46. The van der Waals surface area contributed by atoms with Crippen molar-refractivity contribution in [2.75, 3.05) is 0 Å². The van der Waals surface area contributed by atoms with Gasteiger partial charge in [0, 0.05) is 43.2 Å². The van der Waals surface area contributed by atoms with E-state index in [0.29, 0.717) is 11.1 Å². The Labute approximate surface area is 226 Å². The fourth-order valence-electron chi connectivity index (χ4n) is 5.97. The molecular formula is C31H28N2O6. The van der Waals surface area contributed by atoms with Gasteiger partial charge < -0.3 is 9.68 Å². The first kappa shape index (κ1) is 26.2. The summed E-state index contributed by atoms with van der Waals surface area (Å²) >= 11 is 0. The Balaban J connectivity index is 1.69. The van der Waals surface area contributed by atoms with Crippen molar-refractivity contribution >= 4 is 34.9 Å². The van der Waals surface area contributed by atoms with E-state index >= 15 is 0 Å². The third kappa shape index (κ3) is 4.35. The lowest BCUT2D eigenvalue weighted by molar-refractivity contribution is -0.141. The molecule has 8 heteroatoms. The van der Waals surface area contributed by atoms with Crippen LogP contribution in [0.2, 0.25) is 0 Å². The van der Waals surface area contributed by atoms with E-state index in [-0.39, 0.29) is 35.8 Å². The molecule has 5 rings (SSSR count). The van der Waals surface area contributed by atoms with Crippen LogP contribution < -0.4 is 0 Å². The molecule has 0 amide bonds. The van der Waals surface area contributed by atoms with Gasteiger partial charge >= 0.3 is 11.9 Å². The number of benzene rings is 2. The van der Waals surface area contributed by atoms with Gasteiger partial charge in [-0.2, -0.15) is 0 Å². The van der Waals surface area contributed by atoms with Crippen molar-refractivity contribution in [1.29, 1.82) is 0 Å². The highest BCUT2D eigenvalue weighted by atomic mass is 16.7. The van der Waals surface area contributed by atoms with Gasteiger partial charge in [0.2, 0.25) is 11.6 Å². The van der Waals surface area contributed by atoms with Crippen molar-refractivity contribution in [2.24, 2.45) is 10.3 Å². The third-order valence-corrected chi connectivity index (χ3v) is 7.66. The van der Waals surface area contributed by atoms with Gasteiger partial charge in [-0.05, 0) is 71.2 Å². The lowest BCUT2D eigenvalue weighted by atomic mass is 9.70. The molecule has 39 heavy (non-hydrogen) atoms. The van der Waals surface area contributed by atoms with Crippen LogP contribution in [-0.2, 0) is 37.5 Å². The van der Waals surface area contributed by atoms with Crippen LogP contribution in [0, 0.1) is 0 Å². The van der Waals surface area contributed by atoms with Crippen LogP contribution in [0.25, 0.3) is 11.1 Å². The number of hydrogen-bond donors (Lipinski definition) is 0. The molecule has 3 aliphatic carbocycles. The predicted molar refractivity (Wildman–Crippen MR) is 146 cm³/mol. The highest BCUT2D eigenvalue weighted by molar-refractivity contribution is 6.50. The standard InChI is InChI=1S/C31H28N2O6/c1-5-7-9-31(10-8-6-2)25-11-19-13-27(32-38-17(3)34)29(36)21(19)15-23(25)24-16-22-20(12-26(24)31)14-28(30(22)37)33-39-18(4)35/h5-6,11-12,15-16H,1-2,7-10,13-14H2,3-4H3/b32-27-,33-28+. The number of nitrogens with zero attached hydrogens (tertiary/aromatic N) is 2. The van der Waals surface area contributed by atoms with Crippen molar-refractivity contribution in [2.45, 2.75) is 57.8 Å². The number of rotatable bonds is 8. The summed E-state index contributed by atoms with van der Waals surface area (Å²) in [5.74, 6) is -1.74. The maximum absolute atomic E-state index is 13.2. The van der Waals surface area contributed by atoms with Gasteiger partial charge in [-0.3, -0.25) is 9.59 Å². The minimum absolute atomic E-state index is 0.183. The summed E-state index contributed by atoms with van der Waals surface area (Å²) in [5.41, 5.74) is 6.62. The average Bonchev–Trinajstić information content (AvgIpc) is 3.48. The van der Waals surface area contributed by atoms with Crippen molar-refractivity contribution in [1.82, 2.24) is 0 Å². The SMILES string of the molecule is C=CCCC1(CCC=C)c2cc3c(cc2-c2cc4c(cc21)C/C(=N\OC(C)=O)C4=O)C(=O)/C(=N\OC(C)=O)C3. The number of carbonyl (C=O) groups excluding carboxylic acids is 4. The molecule has 198 valence electrons. The number of fused-ring (bicyclic) bond motifs is 5. The molecule has 0 unspecified atom stereocenters. The molecule has 0 fully saturated rings. The van der Waals surface area contributed by atoms with Gasteiger partial charge in [0.1, 0.15) is 11.4 Å². The smallest absolute Gasteiger partial charge is 0.318 e. The second-order valence-corrected chi connectivity index (χ2v) is 10.1. The second kappa shape index (κ2) is 10.0. The Morgan fingerprint density at radius 2 is 1.18 bits per heavy atom. The quantitative estimate of drug-likeness (QED) is 0.267. The monoisotopic (exact) mass is 524 g/mol. The molecule has 0 aliphatic heterocycles. The van der Waals surface area contributed by atoms with Crippen molar-refractivity contribution < 1.29 is 28.9 Å². The van der Waals surface area contributed by atoms with Crippen LogP contribution >= 0.6 is 0 Å². The number of oxime groups is 2. The average molecular weight is 525 g/mol. The highest BCUT2D eigenvalue weighted by Crippen LogP contribution is 2.56. The van der Waals surface area contributed by atoms with E-state index in [9.17, 15) is 19.2 Å². The number of Topliss-reactive ketones (excluding diaryl/α,β-unsaturated/α-hetero) is 2. The van der Waals surface area contributed by atoms with Crippen molar-refractivity contribution in [3.8, 4) is 11.1 Å². The summed E-state index contributed by atoms with van der Waals surface area (Å²) in [6, 6.07) is 7.91. The molecule has 0 saturated carbocycles. The zero-order chi connectivity index (χ0) is 27.9. The first-order valence-corrected chi connectivity index (χ1v) is 12.9. The Morgan fingerprint density at radius 3 is 1.54 bits per heavy atom. The van der Waals surface area contributed by atoms with Crippen LogP contribution in [0.3, 0.4) is 0 Å². The zero-order valence-corrected chi connectivity index (χ0v) is 22.0. The van der Waals surface area contributed by atoms with E-state index in [4.69, 9.17) is 9.68 Å². The molecule has 2 aromatic carbocycles. The summed E-state index contributed by atoms with van der Waals surface area (Å²) < 4.78 is 0. The van der Waals surface area contributed by atoms with Gasteiger partial charge in [0.25, 0.3) is 0 Å². The number of ketones is 2. The highest BCUT2D eigenvalue weighted by Gasteiger charge is 2.45. The molecule has 0 saturated heterocycles. The summed E-state index contributed by atoms with van der Waals surface area (Å²) in [6.45, 7) is 10.4. The van der Waals surface area contributed by atoms with E-state index in [1.165, 1.54) is 13.8 Å². The first-order chi connectivity index (χ1) is 18.7. The zero-order valence-electron chi connectivity index (χ0n) is 22.0. The van der Waals surface area contributed by atoms with E-state index in [1.807, 2.05) is 24.3 Å². The molecular weight excluding hydrogens is 496 g/mol. The van der Waals surface area contributed by atoms with Crippen LogP contribution in [0.15, 0.2) is 59.9 Å². The molecule has 8 nitrogen and oxygen atoms in total. The van der Waals surface area contributed by atoms with Crippen molar-refractivity contribution in [3.63, 3.8) is 0 Å². The maximum atomic E-state index is 13.2. The van der Waals surface area contributed by atoms with E-state index < -0.39 is 17.4 Å². The second-order valence-electron chi connectivity index (χ2n) is 10.1. The minimum Gasteiger partial charge on any atom is -0.318 e. The summed E-state index contributed by atoms with van der Waals surface area (Å²) in [5, 5.41) is 7.59. The molecule has 0 heterocycles. The summed E-state index contributed by atoms with van der Waals surface area (Å²) in [7, 11) is 0. The third-order valence-electron chi connectivity index (χ3n) is 7.66. The molecule has 2 aromatic rings. The number of carbonyl (C=O) groups is 4. The van der Waals surface area contributed by atoms with Crippen LogP contribution in [0.5, 0.6) is 0 Å². The van der Waals surface area contributed by atoms with Crippen molar-refractivity contribution in [3.05, 3.63) is 83.0 Å². The largest absolute Gasteiger partial charge is 0.331 e. The molecule has 0 bridgehead atoms. The predicted octanol–water partition coefficient (Wildman–Crippen LogP) is 5.20. The van der Waals surface area contributed by atoms with Crippen LogP contribution in [0.1, 0.15) is 82.5 Å². The molecule has 3 aliphatic rings. The Kier molecular flexibility index (Phi) is 6.72. The van der Waals surface area contributed by atoms with E-state index in [0.717, 1.165) is 59.1 Å². The lowest BCUT2D eigenvalue weighted by Gasteiger charge is -2.32. The number of allylic oxidation sites excluding steroid dienone is 2. The summed E-state index contributed by atoms with van der Waals surface area (Å²) in [6.07, 6.45) is 7.44. The van der Waals surface area contributed by atoms with Gasteiger partial charge in [-0.15, -0.1) is 13.2 Å². The van der Waals surface area contributed by atoms with Crippen LogP contribution in [0.4, 0.5) is 0 Å². The topological polar surface area (TPSA) is 111 Å². The Morgan fingerprint density at radius 1 is 0.769 bits per heavy atom. The summed E-state index contributed by atoms with van der Waals surface area (Å²) in [4.78, 5) is 58.4. The van der Waals surface area contributed by atoms with E-state index in [2.05, 4.69) is 35.6 Å². The number of hydrogen-bond acceptors (Lipinski definition) is 8. The lowest BCUT2D eigenvalue weighted by Crippen LogP contribution is -2.25. The molecule has 0 N–H and O–H groups in total. The van der Waals surface area contributed by atoms with E-state index in [1.54, 1.807) is 0 Å².